The smallest absolute Gasteiger partial charge is 0.289 e. The predicted octanol–water partition coefficient (Wildman–Crippen LogP) is 2.19. The largest absolute Gasteiger partial charge is 0.522 e. The van der Waals surface area contributed by atoms with E-state index >= 15 is 0 Å². The third-order valence-electron chi connectivity index (χ3n) is 2.34. The predicted molar refractivity (Wildman–Crippen MR) is 41.5 cm³/mol. The van der Waals surface area contributed by atoms with Crippen LogP contribution in [0.15, 0.2) is 12.3 Å². The summed E-state index contributed by atoms with van der Waals surface area (Å²) in [6.07, 6.45) is -2.76. The van der Waals surface area contributed by atoms with Crippen LogP contribution in [0.3, 0.4) is 0 Å². The molecule has 0 atom stereocenters. The van der Waals surface area contributed by atoms with Gasteiger partial charge >= 0.3 is 6.36 Å². The number of H-pyrrole nitrogens is 1. The van der Waals surface area contributed by atoms with Crippen LogP contribution in [-0.4, -0.2) is 22.7 Å². The van der Waals surface area contributed by atoms with Crippen molar-refractivity contribution < 1.29 is 17.9 Å². The fourth-order valence-electron chi connectivity index (χ4n) is 1.59. The number of halogens is 3. The molecule has 0 aromatic carbocycles. The molecule has 1 aromatic rings. The second-order valence-electron chi connectivity index (χ2n) is 3.35. The number of ether oxygens (including phenoxy) is 1. The van der Waals surface area contributed by atoms with Crippen molar-refractivity contribution in [1.82, 2.24) is 10.2 Å². The summed E-state index contributed by atoms with van der Waals surface area (Å²) in [7, 11) is 0. The summed E-state index contributed by atoms with van der Waals surface area (Å²) in [6.45, 7) is 0. The average molecular weight is 206 g/mol. The van der Waals surface area contributed by atoms with E-state index in [1.165, 1.54) is 0 Å². The van der Waals surface area contributed by atoms with Crippen molar-refractivity contribution in [2.24, 2.45) is 0 Å². The molecule has 0 unspecified atom stereocenters. The van der Waals surface area contributed by atoms with Crippen LogP contribution in [0.25, 0.3) is 0 Å². The van der Waals surface area contributed by atoms with E-state index in [0.717, 1.165) is 5.69 Å². The molecule has 1 fully saturated rings. The number of hydrogen-bond donors (Lipinski definition) is 1. The molecular formula is C8H9F3N2O. The van der Waals surface area contributed by atoms with Crippen molar-refractivity contribution in [3.05, 3.63) is 18.0 Å². The Kier molecular flexibility index (Phi) is 2.22. The molecule has 1 saturated carbocycles. The van der Waals surface area contributed by atoms with E-state index in [4.69, 9.17) is 0 Å². The van der Waals surface area contributed by atoms with Crippen LogP contribution in [-0.2, 0) is 4.74 Å². The van der Waals surface area contributed by atoms with Crippen molar-refractivity contribution >= 4 is 0 Å². The molecule has 6 heteroatoms. The Morgan fingerprint density at radius 1 is 1.43 bits per heavy atom. The van der Waals surface area contributed by atoms with Crippen molar-refractivity contribution in [2.45, 2.75) is 31.2 Å². The van der Waals surface area contributed by atoms with E-state index in [1.807, 2.05) is 0 Å². The molecule has 1 aliphatic carbocycles. The maximum absolute atomic E-state index is 11.8. The molecule has 0 spiro atoms. The van der Waals surface area contributed by atoms with Gasteiger partial charge in [0.2, 0.25) is 0 Å². The zero-order valence-electron chi connectivity index (χ0n) is 7.21. The fourth-order valence-corrected chi connectivity index (χ4v) is 1.59. The normalized spacial score (nSPS) is 27.4. The minimum atomic E-state index is -4.51. The van der Waals surface area contributed by atoms with Gasteiger partial charge in [0, 0.05) is 12.1 Å². The zero-order chi connectivity index (χ0) is 10.2. The summed E-state index contributed by atoms with van der Waals surface area (Å²) in [6, 6.07) is 1.77. The van der Waals surface area contributed by atoms with E-state index in [-0.39, 0.29) is 5.92 Å². The van der Waals surface area contributed by atoms with Crippen LogP contribution in [0.1, 0.15) is 24.5 Å². The summed E-state index contributed by atoms with van der Waals surface area (Å²) in [5.41, 5.74) is 0.812. The highest BCUT2D eigenvalue weighted by molar-refractivity contribution is 5.10. The Balaban J connectivity index is 1.80. The second kappa shape index (κ2) is 3.27. The van der Waals surface area contributed by atoms with Gasteiger partial charge in [0.05, 0.1) is 11.8 Å². The average Bonchev–Trinajstić information content (AvgIpc) is 2.45. The van der Waals surface area contributed by atoms with Crippen LogP contribution in [0.2, 0.25) is 0 Å². The highest BCUT2D eigenvalue weighted by atomic mass is 19.4. The Hall–Kier alpha value is -1.04. The number of aromatic nitrogens is 2. The zero-order valence-corrected chi connectivity index (χ0v) is 7.21. The van der Waals surface area contributed by atoms with E-state index in [2.05, 4.69) is 14.9 Å². The lowest BCUT2D eigenvalue weighted by molar-refractivity contribution is -0.351. The number of alkyl halides is 3. The van der Waals surface area contributed by atoms with Gasteiger partial charge in [0.25, 0.3) is 0 Å². The third-order valence-corrected chi connectivity index (χ3v) is 2.34. The first-order chi connectivity index (χ1) is 6.54. The number of nitrogens with one attached hydrogen (secondary N) is 1. The molecule has 1 aliphatic rings. The van der Waals surface area contributed by atoms with Gasteiger partial charge in [-0.1, -0.05) is 0 Å². The van der Waals surface area contributed by atoms with E-state index < -0.39 is 12.5 Å². The van der Waals surface area contributed by atoms with Gasteiger partial charge in [-0.05, 0) is 18.9 Å². The first-order valence-corrected chi connectivity index (χ1v) is 4.29. The Bertz CT molecular complexity index is 290. The monoisotopic (exact) mass is 206 g/mol. The van der Waals surface area contributed by atoms with E-state index in [0.29, 0.717) is 12.8 Å². The van der Waals surface area contributed by atoms with Gasteiger partial charge in [0.1, 0.15) is 0 Å². The molecule has 0 amide bonds. The summed E-state index contributed by atoms with van der Waals surface area (Å²) >= 11 is 0. The van der Waals surface area contributed by atoms with Crippen LogP contribution >= 0.6 is 0 Å². The van der Waals surface area contributed by atoms with Gasteiger partial charge < -0.3 is 0 Å². The molecular weight excluding hydrogens is 197 g/mol. The highest BCUT2D eigenvalue weighted by Gasteiger charge is 2.41. The lowest BCUT2D eigenvalue weighted by Crippen LogP contribution is -2.34. The summed E-state index contributed by atoms with van der Waals surface area (Å²) in [4.78, 5) is 0. The quantitative estimate of drug-likeness (QED) is 0.805. The molecule has 3 nitrogen and oxygen atoms in total. The van der Waals surface area contributed by atoms with E-state index in [1.54, 1.807) is 12.3 Å². The third kappa shape index (κ3) is 2.06. The SMILES string of the molecule is FC(F)(F)O[C@H]1C[C@@H](c2cc[nH]n2)C1. The lowest BCUT2D eigenvalue weighted by atomic mass is 9.80. The Labute approximate surface area is 78.3 Å². The lowest BCUT2D eigenvalue weighted by Gasteiger charge is -2.34. The molecule has 0 aliphatic heterocycles. The number of hydrogen-bond acceptors (Lipinski definition) is 2. The summed E-state index contributed by atoms with van der Waals surface area (Å²) in [5.74, 6) is 0.105. The molecule has 1 heterocycles. The maximum atomic E-state index is 11.8. The molecule has 14 heavy (non-hydrogen) atoms. The van der Waals surface area contributed by atoms with Gasteiger partial charge in [-0.15, -0.1) is 13.2 Å². The molecule has 78 valence electrons. The minimum Gasteiger partial charge on any atom is -0.289 e. The Morgan fingerprint density at radius 2 is 2.14 bits per heavy atom. The molecule has 0 bridgehead atoms. The Morgan fingerprint density at radius 3 is 2.64 bits per heavy atom. The van der Waals surface area contributed by atoms with Crippen LogP contribution in [0.5, 0.6) is 0 Å². The van der Waals surface area contributed by atoms with Crippen molar-refractivity contribution in [1.29, 1.82) is 0 Å². The summed E-state index contributed by atoms with van der Waals surface area (Å²) < 4.78 is 39.1. The molecule has 0 radical (unpaired) electrons. The standard InChI is InChI=1S/C8H9F3N2O/c9-8(10,11)14-6-3-5(4-6)7-1-2-12-13-7/h1-2,5-6H,3-4H2,(H,12,13)/t5-,6+. The fraction of sp³-hybridized carbons (Fsp3) is 0.625. The number of nitrogens with zero attached hydrogens (tertiary/aromatic N) is 1. The van der Waals surface area contributed by atoms with Gasteiger partial charge in [-0.3, -0.25) is 9.84 Å². The molecule has 0 saturated heterocycles. The number of aromatic amines is 1. The topological polar surface area (TPSA) is 37.9 Å². The first-order valence-electron chi connectivity index (χ1n) is 4.29. The van der Waals surface area contributed by atoms with Gasteiger partial charge in [0.15, 0.2) is 0 Å². The van der Waals surface area contributed by atoms with Crippen LogP contribution in [0, 0.1) is 0 Å². The van der Waals surface area contributed by atoms with Crippen molar-refractivity contribution in [3.8, 4) is 0 Å². The molecule has 1 N–H and O–H groups in total. The maximum Gasteiger partial charge on any atom is 0.522 e. The van der Waals surface area contributed by atoms with Crippen molar-refractivity contribution in [2.75, 3.05) is 0 Å². The highest BCUT2D eigenvalue weighted by Crippen LogP contribution is 2.40. The van der Waals surface area contributed by atoms with Gasteiger partial charge in [-0.25, -0.2) is 0 Å². The van der Waals surface area contributed by atoms with Crippen molar-refractivity contribution in [3.63, 3.8) is 0 Å². The second-order valence-corrected chi connectivity index (χ2v) is 3.35. The molecule has 2 rings (SSSR count). The minimum absolute atomic E-state index is 0.105. The first kappa shape index (κ1) is 9.51. The van der Waals surface area contributed by atoms with Gasteiger partial charge in [-0.2, -0.15) is 5.10 Å². The van der Waals surface area contributed by atoms with Crippen LogP contribution in [0.4, 0.5) is 13.2 Å². The van der Waals surface area contributed by atoms with Crippen LogP contribution < -0.4 is 0 Å². The van der Waals surface area contributed by atoms with E-state index in [9.17, 15) is 13.2 Å². The number of rotatable bonds is 2. The molecule has 1 aromatic heterocycles. The summed E-state index contributed by atoms with van der Waals surface area (Å²) in [5, 5.41) is 6.54.